The van der Waals surface area contributed by atoms with Crippen LogP contribution in [0, 0.1) is 6.92 Å². The van der Waals surface area contributed by atoms with Crippen LogP contribution in [0.5, 0.6) is 0 Å². The third-order valence-electron chi connectivity index (χ3n) is 5.61. The van der Waals surface area contributed by atoms with Gasteiger partial charge in [-0.15, -0.1) is 5.06 Å². The summed E-state index contributed by atoms with van der Waals surface area (Å²) in [6, 6.07) is 12.3. The standard InChI is InChI=1S/C22H22F3N3O3/c1-15-4-2-3-5-18(15)26-20(29)30-28-12-10-21(11-13-28)14-19(27-31-21)16-6-8-17(9-7-16)22(23,24)25/h2-9H,10-14H2,1H3,(H,26,29). The fourth-order valence-corrected chi connectivity index (χ4v) is 3.74. The first kappa shape index (κ1) is 21.2. The van der Waals surface area contributed by atoms with Crippen LogP contribution in [0.2, 0.25) is 0 Å². The third-order valence-corrected chi connectivity index (χ3v) is 5.61. The number of oxime groups is 1. The van der Waals surface area contributed by atoms with E-state index in [0.29, 0.717) is 49.3 Å². The number of hydrogen-bond acceptors (Lipinski definition) is 5. The van der Waals surface area contributed by atoms with Gasteiger partial charge in [0.15, 0.2) is 0 Å². The van der Waals surface area contributed by atoms with E-state index in [1.165, 1.54) is 12.1 Å². The number of carbonyl (C=O) groups is 1. The van der Waals surface area contributed by atoms with Gasteiger partial charge >= 0.3 is 12.3 Å². The van der Waals surface area contributed by atoms with Crippen molar-refractivity contribution in [1.29, 1.82) is 0 Å². The Bertz CT molecular complexity index is 981. The van der Waals surface area contributed by atoms with Gasteiger partial charge in [0.2, 0.25) is 0 Å². The fraction of sp³-hybridized carbons (Fsp3) is 0.364. The smallest absolute Gasteiger partial charge is 0.388 e. The molecule has 31 heavy (non-hydrogen) atoms. The lowest BCUT2D eigenvalue weighted by Crippen LogP contribution is -2.45. The second kappa shape index (κ2) is 8.22. The molecule has 0 atom stereocenters. The Balaban J connectivity index is 1.29. The van der Waals surface area contributed by atoms with Crippen LogP contribution in [0.1, 0.15) is 36.0 Å². The zero-order valence-corrected chi connectivity index (χ0v) is 16.9. The molecule has 164 valence electrons. The third kappa shape index (κ3) is 4.82. The summed E-state index contributed by atoms with van der Waals surface area (Å²) < 4.78 is 38.3. The highest BCUT2D eigenvalue weighted by molar-refractivity contribution is 6.01. The highest BCUT2D eigenvalue weighted by Gasteiger charge is 2.43. The van der Waals surface area contributed by atoms with Gasteiger partial charge in [0.25, 0.3) is 0 Å². The monoisotopic (exact) mass is 433 g/mol. The molecule has 1 amide bonds. The van der Waals surface area contributed by atoms with Gasteiger partial charge in [-0.1, -0.05) is 35.5 Å². The van der Waals surface area contributed by atoms with Crippen molar-refractivity contribution in [2.24, 2.45) is 5.16 Å². The highest BCUT2D eigenvalue weighted by Crippen LogP contribution is 2.37. The molecule has 2 aliphatic heterocycles. The Hall–Kier alpha value is -3.07. The molecule has 0 aliphatic carbocycles. The predicted octanol–water partition coefficient (Wildman–Crippen LogP) is 5.14. The minimum atomic E-state index is -4.37. The van der Waals surface area contributed by atoms with Crippen LogP contribution in [0.25, 0.3) is 0 Å². The molecule has 0 bridgehead atoms. The second-order valence-electron chi connectivity index (χ2n) is 7.81. The van der Waals surface area contributed by atoms with Gasteiger partial charge in [-0.05, 0) is 36.2 Å². The van der Waals surface area contributed by atoms with Crippen LogP contribution in [0.4, 0.5) is 23.7 Å². The van der Waals surface area contributed by atoms with Gasteiger partial charge in [-0.25, -0.2) is 4.79 Å². The molecule has 2 aromatic rings. The molecule has 0 saturated carbocycles. The van der Waals surface area contributed by atoms with Crippen LogP contribution in [-0.2, 0) is 15.9 Å². The topological polar surface area (TPSA) is 63.2 Å². The van der Waals surface area contributed by atoms with Crippen LogP contribution in [-0.4, -0.2) is 35.6 Å². The fourth-order valence-electron chi connectivity index (χ4n) is 3.74. The van der Waals surface area contributed by atoms with E-state index in [1.807, 2.05) is 25.1 Å². The quantitative estimate of drug-likeness (QED) is 0.728. The lowest BCUT2D eigenvalue weighted by atomic mass is 9.86. The number of carbonyl (C=O) groups excluding carboxylic acids is 1. The van der Waals surface area contributed by atoms with Gasteiger partial charge < -0.3 is 9.68 Å². The molecule has 0 aromatic heterocycles. The molecule has 1 spiro atoms. The van der Waals surface area contributed by atoms with E-state index in [0.717, 1.165) is 17.7 Å². The molecule has 0 radical (unpaired) electrons. The van der Waals surface area contributed by atoms with Crippen molar-refractivity contribution in [3.05, 3.63) is 65.2 Å². The summed E-state index contributed by atoms with van der Waals surface area (Å²) in [5.41, 5.74) is 1.64. The molecule has 1 fully saturated rings. The summed E-state index contributed by atoms with van der Waals surface area (Å²) in [5, 5.41) is 8.43. The summed E-state index contributed by atoms with van der Waals surface area (Å²) in [4.78, 5) is 23.3. The van der Waals surface area contributed by atoms with Crippen molar-refractivity contribution in [1.82, 2.24) is 5.06 Å². The van der Waals surface area contributed by atoms with Crippen LogP contribution in [0.3, 0.4) is 0 Å². The maximum Gasteiger partial charge on any atom is 0.430 e. The number of halogens is 3. The number of anilines is 1. The molecule has 0 unspecified atom stereocenters. The number of nitrogens with one attached hydrogen (secondary N) is 1. The normalized spacial score (nSPS) is 18.4. The summed E-state index contributed by atoms with van der Waals surface area (Å²) in [6.45, 7) is 2.83. The SMILES string of the molecule is Cc1ccccc1NC(=O)ON1CCC2(CC1)CC(c1ccc(C(F)(F)F)cc1)=NO2. The van der Waals surface area contributed by atoms with Crippen molar-refractivity contribution >= 4 is 17.5 Å². The van der Waals surface area contributed by atoms with Crippen molar-refractivity contribution < 1.29 is 27.6 Å². The Morgan fingerprint density at radius 2 is 1.81 bits per heavy atom. The lowest BCUT2D eigenvalue weighted by molar-refractivity contribution is -0.154. The van der Waals surface area contributed by atoms with Crippen molar-refractivity contribution in [3.8, 4) is 0 Å². The van der Waals surface area contributed by atoms with Crippen molar-refractivity contribution in [2.45, 2.75) is 38.0 Å². The first-order chi connectivity index (χ1) is 14.7. The maximum absolute atomic E-state index is 12.8. The van der Waals surface area contributed by atoms with Crippen LogP contribution >= 0.6 is 0 Å². The minimum Gasteiger partial charge on any atom is -0.388 e. The molecule has 9 heteroatoms. The van der Waals surface area contributed by atoms with E-state index in [1.54, 1.807) is 11.1 Å². The second-order valence-corrected chi connectivity index (χ2v) is 7.81. The largest absolute Gasteiger partial charge is 0.430 e. The first-order valence-electron chi connectivity index (χ1n) is 9.96. The molecule has 2 aromatic carbocycles. The van der Waals surface area contributed by atoms with E-state index >= 15 is 0 Å². The average Bonchev–Trinajstić information content (AvgIpc) is 3.15. The predicted molar refractivity (Wildman–Crippen MR) is 109 cm³/mol. The molecule has 4 rings (SSSR count). The van der Waals surface area contributed by atoms with Crippen LogP contribution in [0.15, 0.2) is 53.7 Å². The summed E-state index contributed by atoms with van der Waals surface area (Å²) in [6.07, 6.45) is -3.26. The number of rotatable bonds is 3. The van der Waals surface area contributed by atoms with Gasteiger partial charge in [0.05, 0.1) is 11.3 Å². The highest BCUT2D eigenvalue weighted by atomic mass is 19.4. The summed E-state index contributed by atoms with van der Waals surface area (Å²) in [5.74, 6) is 0. The number of aryl methyl sites for hydroxylation is 1. The Labute approximate surface area is 177 Å². The zero-order valence-electron chi connectivity index (χ0n) is 16.9. The molecular weight excluding hydrogens is 411 g/mol. The molecule has 1 saturated heterocycles. The van der Waals surface area contributed by atoms with Crippen LogP contribution < -0.4 is 5.32 Å². The molecule has 2 aliphatic rings. The number of piperidine rings is 1. The Morgan fingerprint density at radius 1 is 1.13 bits per heavy atom. The maximum atomic E-state index is 12.8. The number of hydroxylamine groups is 2. The van der Waals surface area contributed by atoms with Crippen molar-refractivity contribution in [3.63, 3.8) is 0 Å². The van der Waals surface area contributed by atoms with Gasteiger partial charge in [0, 0.05) is 38.0 Å². The summed E-state index contributed by atoms with van der Waals surface area (Å²) >= 11 is 0. The van der Waals surface area contributed by atoms with E-state index in [4.69, 9.17) is 9.68 Å². The zero-order chi connectivity index (χ0) is 22.1. The molecule has 1 N–H and O–H groups in total. The molecule has 6 nitrogen and oxygen atoms in total. The van der Waals surface area contributed by atoms with Crippen molar-refractivity contribution in [2.75, 3.05) is 18.4 Å². The van der Waals surface area contributed by atoms with Gasteiger partial charge in [-0.3, -0.25) is 5.32 Å². The average molecular weight is 433 g/mol. The number of benzene rings is 2. The molecule has 2 heterocycles. The van der Waals surface area contributed by atoms with E-state index in [2.05, 4.69) is 10.5 Å². The number of alkyl halides is 3. The Morgan fingerprint density at radius 3 is 2.45 bits per heavy atom. The minimum absolute atomic E-state index is 0.469. The molecular formula is C22H22F3N3O3. The number of nitrogens with zero attached hydrogens (tertiary/aromatic N) is 2. The van der Waals surface area contributed by atoms with E-state index in [9.17, 15) is 18.0 Å². The number of para-hydroxylation sites is 1. The van der Waals surface area contributed by atoms with Gasteiger partial charge in [0.1, 0.15) is 5.60 Å². The summed E-state index contributed by atoms with van der Waals surface area (Å²) in [7, 11) is 0. The first-order valence-corrected chi connectivity index (χ1v) is 9.96. The lowest BCUT2D eigenvalue weighted by Gasteiger charge is -2.35. The number of amides is 1. The van der Waals surface area contributed by atoms with E-state index < -0.39 is 23.4 Å². The van der Waals surface area contributed by atoms with E-state index in [-0.39, 0.29) is 0 Å². The Kier molecular flexibility index (Phi) is 5.62. The van der Waals surface area contributed by atoms with Gasteiger partial charge in [-0.2, -0.15) is 13.2 Å². The number of hydrogen-bond donors (Lipinski definition) is 1.